The summed E-state index contributed by atoms with van der Waals surface area (Å²) in [6.07, 6.45) is -3.18. The minimum atomic E-state index is -4.47. The van der Waals surface area contributed by atoms with Crippen molar-refractivity contribution in [3.8, 4) is 11.5 Å². The summed E-state index contributed by atoms with van der Waals surface area (Å²) in [5, 5.41) is 0. The highest BCUT2D eigenvalue weighted by Crippen LogP contribution is 2.40. The molecule has 9 heteroatoms. The normalized spacial score (nSPS) is 22.7. The van der Waals surface area contributed by atoms with Gasteiger partial charge in [-0.2, -0.15) is 13.2 Å². The van der Waals surface area contributed by atoms with Gasteiger partial charge in [0.05, 0.1) is 26.2 Å². The maximum absolute atomic E-state index is 13.0. The van der Waals surface area contributed by atoms with E-state index in [1.165, 1.54) is 7.11 Å². The third-order valence-corrected chi connectivity index (χ3v) is 5.27. The molecule has 0 radical (unpaired) electrons. The van der Waals surface area contributed by atoms with Crippen molar-refractivity contribution in [2.24, 2.45) is 5.92 Å². The van der Waals surface area contributed by atoms with E-state index in [4.69, 9.17) is 9.47 Å². The Morgan fingerprint density at radius 3 is 2.64 bits per heavy atom. The van der Waals surface area contributed by atoms with Crippen LogP contribution < -0.4 is 9.47 Å². The monoisotopic (exact) mass is 400 g/mol. The van der Waals surface area contributed by atoms with Crippen LogP contribution in [-0.4, -0.2) is 61.6 Å². The van der Waals surface area contributed by atoms with Crippen molar-refractivity contribution in [3.63, 3.8) is 0 Å². The van der Waals surface area contributed by atoms with E-state index in [0.29, 0.717) is 24.5 Å². The molecule has 0 bridgehead atoms. The van der Waals surface area contributed by atoms with Gasteiger partial charge in [-0.1, -0.05) is 0 Å². The quantitative estimate of drug-likeness (QED) is 0.763. The molecule has 1 aromatic rings. The molecule has 2 aliphatic heterocycles. The van der Waals surface area contributed by atoms with Gasteiger partial charge < -0.3 is 19.3 Å². The predicted molar refractivity (Wildman–Crippen MR) is 94.0 cm³/mol. The van der Waals surface area contributed by atoms with Gasteiger partial charge >= 0.3 is 6.18 Å². The van der Waals surface area contributed by atoms with E-state index in [2.05, 4.69) is 0 Å². The van der Waals surface area contributed by atoms with Gasteiger partial charge in [0.2, 0.25) is 11.8 Å². The third-order valence-electron chi connectivity index (χ3n) is 5.27. The van der Waals surface area contributed by atoms with Crippen LogP contribution in [0.2, 0.25) is 0 Å². The summed E-state index contributed by atoms with van der Waals surface area (Å²) in [4.78, 5) is 27.4. The molecular weight excluding hydrogens is 377 g/mol. The molecule has 2 fully saturated rings. The molecule has 0 N–H and O–H groups in total. The average Bonchev–Trinajstić information content (AvgIpc) is 3.26. The highest BCUT2D eigenvalue weighted by atomic mass is 19.4. The molecule has 2 aliphatic rings. The fourth-order valence-corrected chi connectivity index (χ4v) is 3.99. The average molecular weight is 400 g/mol. The molecule has 0 aliphatic carbocycles. The summed E-state index contributed by atoms with van der Waals surface area (Å²) in [6.45, 7) is -1.02. The Morgan fingerprint density at radius 2 is 2.00 bits per heavy atom. The lowest BCUT2D eigenvalue weighted by atomic mass is 10.0. The first kappa shape index (κ1) is 20.3. The van der Waals surface area contributed by atoms with E-state index >= 15 is 0 Å². The van der Waals surface area contributed by atoms with Crippen molar-refractivity contribution in [3.05, 3.63) is 23.8 Å². The summed E-state index contributed by atoms with van der Waals surface area (Å²) in [6, 6.07) is 5.07. The number of ether oxygens (including phenoxy) is 2. The second kappa shape index (κ2) is 7.89. The number of rotatable bonds is 5. The molecule has 6 nitrogen and oxygen atoms in total. The number of nitrogens with zero attached hydrogens (tertiary/aromatic N) is 2. The van der Waals surface area contributed by atoms with E-state index in [9.17, 15) is 22.8 Å². The number of carbonyl (C=O) groups is 2. The van der Waals surface area contributed by atoms with Crippen molar-refractivity contribution < 1.29 is 32.2 Å². The van der Waals surface area contributed by atoms with Gasteiger partial charge in [0.25, 0.3) is 0 Å². The van der Waals surface area contributed by atoms with E-state index in [-0.39, 0.29) is 24.9 Å². The minimum absolute atomic E-state index is 0.187. The molecule has 2 heterocycles. The molecule has 2 atom stereocenters. The molecule has 28 heavy (non-hydrogen) atoms. The third kappa shape index (κ3) is 4.18. The van der Waals surface area contributed by atoms with Crippen LogP contribution in [0.15, 0.2) is 18.2 Å². The molecule has 3 rings (SSSR count). The molecule has 2 amide bonds. The van der Waals surface area contributed by atoms with E-state index in [0.717, 1.165) is 16.9 Å². The highest BCUT2D eigenvalue weighted by Gasteiger charge is 2.43. The second-order valence-corrected chi connectivity index (χ2v) is 7.09. The standard InChI is InChI=1S/C19H23F3N2O4/c1-27-13-5-6-16(28-2)14(9-13)15-4-3-7-24(15)18(26)12-8-17(25)23(10-12)11-19(20,21)22/h5-6,9,12,15H,3-4,7-8,10-11H2,1-2H3. The minimum Gasteiger partial charge on any atom is -0.497 e. The molecule has 2 saturated heterocycles. The Bertz CT molecular complexity index is 753. The number of hydrogen-bond donors (Lipinski definition) is 0. The van der Waals surface area contributed by atoms with Crippen molar-refractivity contribution >= 4 is 11.8 Å². The van der Waals surface area contributed by atoms with Gasteiger partial charge in [-0.15, -0.1) is 0 Å². The lowest BCUT2D eigenvalue weighted by Gasteiger charge is -2.29. The van der Waals surface area contributed by atoms with Crippen LogP contribution in [-0.2, 0) is 9.59 Å². The SMILES string of the molecule is COc1ccc(OC)c(C2CCCN2C(=O)C2CC(=O)N(CC(F)(F)F)C2)c1. The number of likely N-dealkylation sites (tertiary alicyclic amines) is 2. The number of alkyl halides is 3. The first-order valence-corrected chi connectivity index (χ1v) is 9.10. The van der Waals surface area contributed by atoms with Crippen molar-refractivity contribution in [2.45, 2.75) is 31.5 Å². The Labute approximate surface area is 161 Å². The lowest BCUT2D eigenvalue weighted by Crippen LogP contribution is -2.39. The molecule has 0 spiro atoms. The summed E-state index contributed by atoms with van der Waals surface area (Å²) in [5.74, 6) is -0.433. The molecular formula is C19H23F3N2O4. The highest BCUT2D eigenvalue weighted by molar-refractivity contribution is 5.89. The second-order valence-electron chi connectivity index (χ2n) is 7.09. The molecule has 1 aromatic carbocycles. The van der Waals surface area contributed by atoms with E-state index in [1.54, 1.807) is 24.1 Å². The van der Waals surface area contributed by atoms with Gasteiger partial charge in [0, 0.05) is 25.1 Å². The Hall–Kier alpha value is -2.45. The number of halogens is 3. The van der Waals surface area contributed by atoms with Gasteiger partial charge in [0.1, 0.15) is 18.0 Å². The van der Waals surface area contributed by atoms with Crippen molar-refractivity contribution in [2.75, 3.05) is 33.9 Å². The van der Waals surface area contributed by atoms with Crippen LogP contribution in [0, 0.1) is 5.92 Å². The topological polar surface area (TPSA) is 59.1 Å². The smallest absolute Gasteiger partial charge is 0.406 e. The maximum Gasteiger partial charge on any atom is 0.406 e. The molecule has 2 unspecified atom stereocenters. The van der Waals surface area contributed by atoms with Crippen LogP contribution in [0.3, 0.4) is 0 Å². The van der Waals surface area contributed by atoms with Gasteiger partial charge in [-0.25, -0.2) is 0 Å². The zero-order valence-electron chi connectivity index (χ0n) is 15.8. The summed E-state index contributed by atoms with van der Waals surface area (Å²) >= 11 is 0. The maximum atomic E-state index is 13.0. The zero-order valence-corrected chi connectivity index (χ0v) is 15.8. The van der Waals surface area contributed by atoms with E-state index in [1.807, 2.05) is 6.07 Å². The van der Waals surface area contributed by atoms with Crippen LogP contribution in [0.25, 0.3) is 0 Å². The first-order chi connectivity index (χ1) is 13.2. The molecule has 154 valence electrons. The lowest BCUT2D eigenvalue weighted by molar-refractivity contribution is -0.157. The number of carbonyl (C=O) groups excluding carboxylic acids is 2. The zero-order chi connectivity index (χ0) is 20.5. The Balaban J connectivity index is 1.78. The van der Waals surface area contributed by atoms with Gasteiger partial charge in [0.15, 0.2) is 0 Å². The largest absolute Gasteiger partial charge is 0.497 e. The Morgan fingerprint density at radius 1 is 1.25 bits per heavy atom. The van der Waals surface area contributed by atoms with Crippen molar-refractivity contribution in [1.82, 2.24) is 9.80 Å². The van der Waals surface area contributed by atoms with Crippen LogP contribution in [0.4, 0.5) is 13.2 Å². The summed E-state index contributed by atoms with van der Waals surface area (Å²) in [5.41, 5.74) is 0.796. The van der Waals surface area contributed by atoms with E-state index < -0.39 is 24.5 Å². The van der Waals surface area contributed by atoms with Gasteiger partial charge in [-0.3, -0.25) is 9.59 Å². The number of benzene rings is 1. The number of amides is 2. The van der Waals surface area contributed by atoms with Crippen LogP contribution >= 0.6 is 0 Å². The summed E-state index contributed by atoms with van der Waals surface area (Å²) < 4.78 is 48.6. The predicted octanol–water partition coefficient (Wildman–Crippen LogP) is 2.78. The Kier molecular flexibility index (Phi) is 5.71. The first-order valence-electron chi connectivity index (χ1n) is 9.10. The summed E-state index contributed by atoms with van der Waals surface area (Å²) in [7, 11) is 3.08. The van der Waals surface area contributed by atoms with Crippen LogP contribution in [0.5, 0.6) is 11.5 Å². The molecule has 0 aromatic heterocycles. The molecule has 0 saturated carbocycles. The van der Waals surface area contributed by atoms with Crippen molar-refractivity contribution in [1.29, 1.82) is 0 Å². The van der Waals surface area contributed by atoms with Gasteiger partial charge in [-0.05, 0) is 31.0 Å². The fourth-order valence-electron chi connectivity index (χ4n) is 3.99. The number of methoxy groups -OCH3 is 2. The number of hydrogen-bond acceptors (Lipinski definition) is 4. The van der Waals surface area contributed by atoms with Crippen LogP contribution in [0.1, 0.15) is 30.9 Å². The fraction of sp³-hybridized carbons (Fsp3) is 0.579.